The van der Waals surface area contributed by atoms with Crippen molar-refractivity contribution in [2.75, 3.05) is 44.7 Å². The number of carboxylic acid groups (broad SMARTS) is 1. The number of nitrogens with zero attached hydrogens (tertiary/aromatic N) is 5. The molecule has 0 aromatic carbocycles. The van der Waals surface area contributed by atoms with E-state index in [4.69, 9.17) is 4.74 Å². The van der Waals surface area contributed by atoms with Gasteiger partial charge in [-0.25, -0.2) is 19.6 Å². The van der Waals surface area contributed by atoms with Crippen LogP contribution in [0.2, 0.25) is 0 Å². The second kappa shape index (κ2) is 6.90. The predicted molar refractivity (Wildman–Crippen MR) is 85.1 cm³/mol. The Morgan fingerprint density at radius 3 is 2.67 bits per heavy atom. The lowest BCUT2D eigenvalue weighted by atomic mass is 10.2. The Labute approximate surface area is 139 Å². The van der Waals surface area contributed by atoms with Crippen molar-refractivity contribution in [1.29, 1.82) is 0 Å². The van der Waals surface area contributed by atoms with E-state index in [2.05, 4.69) is 14.9 Å². The number of amides is 2. The number of rotatable bonds is 3. The molecule has 2 amide bonds. The molecule has 1 aromatic heterocycles. The fourth-order valence-corrected chi connectivity index (χ4v) is 3.26. The Hall–Kier alpha value is -2.58. The van der Waals surface area contributed by atoms with Crippen LogP contribution in [0.5, 0.6) is 5.88 Å². The minimum atomic E-state index is -0.925. The first-order valence-corrected chi connectivity index (χ1v) is 7.99. The van der Waals surface area contributed by atoms with Gasteiger partial charge in [0.05, 0.1) is 13.3 Å². The van der Waals surface area contributed by atoms with Gasteiger partial charge in [0.1, 0.15) is 18.1 Å². The van der Waals surface area contributed by atoms with Crippen LogP contribution in [-0.4, -0.2) is 82.8 Å². The molecule has 0 bridgehead atoms. The van der Waals surface area contributed by atoms with Crippen molar-refractivity contribution in [2.45, 2.75) is 18.9 Å². The molecule has 3 heterocycles. The first kappa shape index (κ1) is 16.3. The molecule has 2 aliphatic heterocycles. The number of aromatic nitrogens is 2. The Kier molecular flexibility index (Phi) is 4.68. The molecule has 9 heteroatoms. The van der Waals surface area contributed by atoms with Crippen molar-refractivity contribution >= 4 is 17.7 Å². The summed E-state index contributed by atoms with van der Waals surface area (Å²) >= 11 is 0. The van der Waals surface area contributed by atoms with Gasteiger partial charge in [0.15, 0.2) is 0 Å². The van der Waals surface area contributed by atoms with E-state index in [1.165, 1.54) is 11.2 Å². The molecule has 1 aromatic rings. The summed E-state index contributed by atoms with van der Waals surface area (Å²) in [4.78, 5) is 37.2. The quantitative estimate of drug-likeness (QED) is 0.847. The van der Waals surface area contributed by atoms with Gasteiger partial charge >= 0.3 is 12.0 Å². The van der Waals surface area contributed by atoms with Gasteiger partial charge < -0.3 is 24.5 Å². The Morgan fingerprint density at radius 1 is 1.25 bits per heavy atom. The van der Waals surface area contributed by atoms with E-state index in [-0.39, 0.29) is 6.03 Å². The topological polar surface area (TPSA) is 99.1 Å². The maximum absolute atomic E-state index is 12.6. The van der Waals surface area contributed by atoms with Crippen LogP contribution in [0.25, 0.3) is 0 Å². The summed E-state index contributed by atoms with van der Waals surface area (Å²) in [6.45, 7) is 2.82. The van der Waals surface area contributed by atoms with Crippen LogP contribution >= 0.6 is 0 Å². The standard InChI is InChI=1S/C15H21N5O4/c1-24-13-12(9-16-10-17-13)18-5-7-19(8-6-18)15(23)20-4-2-3-11(20)14(21)22/h9-11H,2-8H2,1H3,(H,21,22). The first-order chi connectivity index (χ1) is 11.6. The SMILES string of the molecule is COc1ncncc1N1CCN(C(=O)N2CCCC2C(=O)O)CC1. The van der Waals surface area contributed by atoms with Gasteiger partial charge in [-0.1, -0.05) is 0 Å². The number of likely N-dealkylation sites (tertiary alicyclic amines) is 1. The summed E-state index contributed by atoms with van der Waals surface area (Å²) in [5.74, 6) is -0.416. The van der Waals surface area contributed by atoms with Gasteiger partial charge in [0, 0.05) is 32.7 Å². The molecule has 1 atom stereocenters. The molecule has 1 unspecified atom stereocenters. The number of carbonyl (C=O) groups is 2. The third kappa shape index (κ3) is 3.06. The molecule has 2 aliphatic rings. The zero-order chi connectivity index (χ0) is 17.1. The van der Waals surface area contributed by atoms with E-state index in [1.54, 1.807) is 18.2 Å². The number of anilines is 1. The molecule has 0 saturated carbocycles. The lowest BCUT2D eigenvalue weighted by Crippen LogP contribution is -2.54. The summed E-state index contributed by atoms with van der Waals surface area (Å²) in [6, 6.07) is -0.881. The predicted octanol–water partition coefficient (Wildman–Crippen LogP) is 0.276. The second-order valence-corrected chi connectivity index (χ2v) is 5.86. The molecule has 0 aliphatic carbocycles. The number of carbonyl (C=O) groups excluding carboxylic acids is 1. The Bertz CT molecular complexity index is 618. The van der Waals surface area contributed by atoms with Gasteiger partial charge in [-0.3, -0.25) is 0 Å². The average Bonchev–Trinajstić information content (AvgIpc) is 3.11. The highest BCUT2D eigenvalue weighted by Gasteiger charge is 2.37. The third-order valence-electron chi connectivity index (χ3n) is 4.53. The zero-order valence-electron chi connectivity index (χ0n) is 13.6. The molecule has 130 valence electrons. The van der Waals surface area contributed by atoms with Gasteiger partial charge in [-0.15, -0.1) is 0 Å². The number of hydrogen-bond acceptors (Lipinski definition) is 6. The third-order valence-corrected chi connectivity index (χ3v) is 4.53. The smallest absolute Gasteiger partial charge is 0.326 e. The molecule has 2 fully saturated rings. The number of hydrogen-bond donors (Lipinski definition) is 1. The van der Waals surface area contributed by atoms with Crippen LogP contribution in [0.3, 0.4) is 0 Å². The van der Waals surface area contributed by atoms with E-state index >= 15 is 0 Å². The lowest BCUT2D eigenvalue weighted by molar-refractivity contribution is -0.141. The summed E-state index contributed by atoms with van der Waals surface area (Å²) < 4.78 is 5.25. The highest BCUT2D eigenvalue weighted by atomic mass is 16.5. The summed E-state index contributed by atoms with van der Waals surface area (Å²) in [6.07, 6.45) is 4.40. The van der Waals surface area contributed by atoms with Crippen molar-refractivity contribution in [3.05, 3.63) is 12.5 Å². The molecule has 9 nitrogen and oxygen atoms in total. The molecule has 0 spiro atoms. The average molecular weight is 335 g/mol. The lowest BCUT2D eigenvalue weighted by Gasteiger charge is -2.38. The van der Waals surface area contributed by atoms with Crippen molar-refractivity contribution < 1.29 is 19.4 Å². The summed E-state index contributed by atoms with van der Waals surface area (Å²) in [7, 11) is 1.56. The highest BCUT2D eigenvalue weighted by Crippen LogP contribution is 2.26. The van der Waals surface area contributed by atoms with Crippen LogP contribution < -0.4 is 9.64 Å². The first-order valence-electron chi connectivity index (χ1n) is 7.99. The van der Waals surface area contributed by atoms with E-state index in [9.17, 15) is 14.7 Å². The van der Waals surface area contributed by atoms with Gasteiger partial charge in [0.25, 0.3) is 0 Å². The largest absolute Gasteiger partial charge is 0.480 e. The van der Waals surface area contributed by atoms with Crippen LogP contribution in [0.4, 0.5) is 10.5 Å². The van der Waals surface area contributed by atoms with Gasteiger partial charge in [-0.05, 0) is 12.8 Å². The van der Waals surface area contributed by atoms with Crippen LogP contribution in [0.15, 0.2) is 12.5 Å². The number of piperazine rings is 1. The van der Waals surface area contributed by atoms with Gasteiger partial charge in [-0.2, -0.15) is 0 Å². The number of aliphatic carboxylic acids is 1. The van der Waals surface area contributed by atoms with E-state index < -0.39 is 12.0 Å². The number of carboxylic acids is 1. The van der Waals surface area contributed by atoms with Crippen LogP contribution in [0, 0.1) is 0 Å². The molecule has 1 N–H and O–H groups in total. The number of urea groups is 1. The second-order valence-electron chi connectivity index (χ2n) is 5.86. The molecule has 3 rings (SSSR count). The van der Waals surface area contributed by atoms with E-state index in [0.29, 0.717) is 45.0 Å². The molecule has 2 saturated heterocycles. The van der Waals surface area contributed by atoms with Crippen LogP contribution in [-0.2, 0) is 4.79 Å². The summed E-state index contributed by atoms with van der Waals surface area (Å²) in [5.41, 5.74) is 0.802. The highest BCUT2D eigenvalue weighted by molar-refractivity contribution is 5.83. The minimum absolute atomic E-state index is 0.184. The normalized spacial score (nSPS) is 21.0. The fraction of sp³-hybridized carbons (Fsp3) is 0.600. The zero-order valence-corrected chi connectivity index (χ0v) is 13.6. The minimum Gasteiger partial charge on any atom is -0.480 e. The van der Waals surface area contributed by atoms with E-state index in [1.807, 2.05) is 0 Å². The van der Waals surface area contributed by atoms with Crippen molar-refractivity contribution in [2.24, 2.45) is 0 Å². The number of methoxy groups -OCH3 is 1. The Balaban J connectivity index is 1.62. The molecular formula is C15H21N5O4. The maximum atomic E-state index is 12.6. The fourth-order valence-electron chi connectivity index (χ4n) is 3.26. The monoisotopic (exact) mass is 335 g/mol. The molecule has 0 radical (unpaired) electrons. The summed E-state index contributed by atoms with van der Waals surface area (Å²) in [5, 5.41) is 9.23. The molecule has 24 heavy (non-hydrogen) atoms. The van der Waals surface area contributed by atoms with Crippen molar-refractivity contribution in [3.63, 3.8) is 0 Å². The number of ether oxygens (including phenoxy) is 1. The maximum Gasteiger partial charge on any atom is 0.326 e. The van der Waals surface area contributed by atoms with Crippen LogP contribution in [0.1, 0.15) is 12.8 Å². The van der Waals surface area contributed by atoms with Crippen molar-refractivity contribution in [3.8, 4) is 5.88 Å². The van der Waals surface area contributed by atoms with Crippen molar-refractivity contribution in [1.82, 2.24) is 19.8 Å². The Morgan fingerprint density at radius 2 is 2.00 bits per heavy atom. The van der Waals surface area contributed by atoms with E-state index in [0.717, 1.165) is 12.1 Å². The van der Waals surface area contributed by atoms with Gasteiger partial charge in [0.2, 0.25) is 5.88 Å². The molecular weight excluding hydrogens is 314 g/mol.